The van der Waals surface area contributed by atoms with Crippen LogP contribution in [0.25, 0.3) is 0 Å². The first kappa shape index (κ1) is 12.9. The highest BCUT2D eigenvalue weighted by Gasteiger charge is 2.41. The molecule has 2 saturated carbocycles. The van der Waals surface area contributed by atoms with Gasteiger partial charge in [0.2, 0.25) is 0 Å². The first-order valence-corrected chi connectivity index (χ1v) is 8.30. The van der Waals surface area contributed by atoms with Crippen molar-refractivity contribution in [2.75, 3.05) is 19.6 Å². The van der Waals surface area contributed by atoms with Crippen LogP contribution in [0, 0.1) is 5.92 Å². The van der Waals surface area contributed by atoms with Gasteiger partial charge in [-0.3, -0.25) is 4.90 Å². The molecule has 1 N–H and O–H groups in total. The van der Waals surface area contributed by atoms with E-state index in [0.29, 0.717) is 5.54 Å². The maximum absolute atomic E-state index is 3.91. The molecular formula is C16H30N2. The van der Waals surface area contributed by atoms with Gasteiger partial charge < -0.3 is 5.32 Å². The standard InChI is InChI=1S/C16H30N2/c1-2-15-11-17-16(9-5-6-10-16)13-18(15)12-14-7-3-4-8-14/h14-15,17H,2-13H2,1H3. The van der Waals surface area contributed by atoms with Crippen LogP contribution >= 0.6 is 0 Å². The van der Waals surface area contributed by atoms with Crippen LogP contribution in [0.2, 0.25) is 0 Å². The minimum Gasteiger partial charge on any atom is -0.308 e. The van der Waals surface area contributed by atoms with Gasteiger partial charge in [-0.15, -0.1) is 0 Å². The summed E-state index contributed by atoms with van der Waals surface area (Å²) in [6.45, 7) is 6.33. The minimum absolute atomic E-state index is 0.504. The summed E-state index contributed by atoms with van der Waals surface area (Å²) in [5.41, 5.74) is 0.504. The van der Waals surface area contributed by atoms with Crippen LogP contribution in [0.4, 0.5) is 0 Å². The van der Waals surface area contributed by atoms with Crippen LogP contribution in [0.1, 0.15) is 64.7 Å². The van der Waals surface area contributed by atoms with Crippen LogP contribution < -0.4 is 5.32 Å². The van der Waals surface area contributed by atoms with Crippen LogP contribution in [0.3, 0.4) is 0 Å². The van der Waals surface area contributed by atoms with Crippen molar-refractivity contribution in [2.24, 2.45) is 5.92 Å². The molecule has 1 atom stereocenters. The summed E-state index contributed by atoms with van der Waals surface area (Å²) in [6, 6.07) is 0.803. The minimum atomic E-state index is 0.504. The number of hydrogen-bond acceptors (Lipinski definition) is 2. The summed E-state index contributed by atoms with van der Waals surface area (Å²) in [4.78, 5) is 2.86. The molecule has 0 aromatic carbocycles. The molecule has 104 valence electrons. The molecule has 0 aromatic rings. The molecule has 1 saturated heterocycles. The molecule has 0 aromatic heterocycles. The Kier molecular flexibility index (Phi) is 3.95. The molecule has 0 radical (unpaired) electrons. The first-order valence-electron chi connectivity index (χ1n) is 8.30. The lowest BCUT2D eigenvalue weighted by molar-refractivity contribution is 0.0647. The molecule has 3 fully saturated rings. The SMILES string of the molecule is CCC1CNC2(CCCC2)CN1CC1CCCC1. The van der Waals surface area contributed by atoms with Crippen molar-refractivity contribution in [1.29, 1.82) is 0 Å². The smallest absolute Gasteiger partial charge is 0.0309 e. The Bertz CT molecular complexity index is 264. The van der Waals surface area contributed by atoms with E-state index in [1.54, 1.807) is 0 Å². The van der Waals surface area contributed by atoms with Crippen LogP contribution in [0.5, 0.6) is 0 Å². The normalized spacial score (nSPS) is 33.5. The number of hydrogen-bond donors (Lipinski definition) is 1. The van der Waals surface area contributed by atoms with Gasteiger partial charge in [0.05, 0.1) is 0 Å². The molecule has 18 heavy (non-hydrogen) atoms. The van der Waals surface area contributed by atoms with E-state index in [1.807, 2.05) is 0 Å². The van der Waals surface area contributed by atoms with Crippen molar-refractivity contribution in [2.45, 2.75) is 76.3 Å². The van der Waals surface area contributed by atoms with Gasteiger partial charge in [-0.25, -0.2) is 0 Å². The van der Waals surface area contributed by atoms with Crippen LogP contribution in [0.15, 0.2) is 0 Å². The van der Waals surface area contributed by atoms with Crippen LogP contribution in [-0.4, -0.2) is 36.1 Å². The molecule has 3 aliphatic rings. The highest BCUT2D eigenvalue weighted by Crippen LogP contribution is 2.35. The maximum atomic E-state index is 3.91. The second-order valence-electron chi connectivity index (χ2n) is 7.01. The summed E-state index contributed by atoms with van der Waals surface area (Å²) >= 11 is 0. The van der Waals surface area contributed by atoms with Crippen molar-refractivity contribution in [1.82, 2.24) is 10.2 Å². The largest absolute Gasteiger partial charge is 0.308 e. The molecule has 3 rings (SSSR count). The van der Waals surface area contributed by atoms with E-state index in [-0.39, 0.29) is 0 Å². The Morgan fingerprint density at radius 1 is 1.11 bits per heavy atom. The molecule has 1 aliphatic heterocycles. The van der Waals surface area contributed by atoms with E-state index in [2.05, 4.69) is 17.1 Å². The predicted molar refractivity (Wildman–Crippen MR) is 76.8 cm³/mol. The van der Waals surface area contributed by atoms with E-state index >= 15 is 0 Å². The Labute approximate surface area is 113 Å². The highest BCUT2D eigenvalue weighted by molar-refractivity contribution is 5.01. The zero-order valence-corrected chi connectivity index (χ0v) is 12.1. The third kappa shape index (κ3) is 2.60. The zero-order chi connectivity index (χ0) is 12.4. The molecule has 0 bridgehead atoms. The van der Waals surface area contributed by atoms with Crippen molar-refractivity contribution in [3.63, 3.8) is 0 Å². The van der Waals surface area contributed by atoms with Crippen molar-refractivity contribution >= 4 is 0 Å². The second kappa shape index (κ2) is 5.50. The zero-order valence-electron chi connectivity index (χ0n) is 12.1. The first-order chi connectivity index (χ1) is 8.81. The van der Waals surface area contributed by atoms with E-state index in [0.717, 1.165) is 12.0 Å². The fraction of sp³-hybridized carbons (Fsp3) is 1.00. The number of nitrogens with zero attached hydrogens (tertiary/aromatic N) is 1. The fourth-order valence-corrected chi connectivity index (χ4v) is 4.56. The monoisotopic (exact) mass is 250 g/mol. The maximum Gasteiger partial charge on any atom is 0.0309 e. The van der Waals surface area contributed by atoms with Gasteiger partial charge in [-0.05, 0) is 38.0 Å². The van der Waals surface area contributed by atoms with E-state index in [1.165, 1.54) is 77.4 Å². The quantitative estimate of drug-likeness (QED) is 0.827. The van der Waals surface area contributed by atoms with E-state index in [9.17, 15) is 0 Å². The van der Waals surface area contributed by atoms with Crippen molar-refractivity contribution in [3.05, 3.63) is 0 Å². The molecule has 1 heterocycles. The lowest BCUT2D eigenvalue weighted by Crippen LogP contribution is -2.63. The summed E-state index contributed by atoms with van der Waals surface area (Å²) in [6.07, 6.45) is 13.0. The third-order valence-electron chi connectivity index (χ3n) is 5.73. The van der Waals surface area contributed by atoms with Gasteiger partial charge in [0.25, 0.3) is 0 Å². The molecular weight excluding hydrogens is 220 g/mol. The molecule has 2 heteroatoms. The Morgan fingerprint density at radius 2 is 1.83 bits per heavy atom. The number of rotatable bonds is 3. The Balaban J connectivity index is 1.63. The molecule has 2 aliphatic carbocycles. The van der Waals surface area contributed by atoms with E-state index < -0.39 is 0 Å². The summed E-state index contributed by atoms with van der Waals surface area (Å²) in [5.74, 6) is 1.01. The third-order valence-corrected chi connectivity index (χ3v) is 5.73. The average Bonchev–Trinajstić information content (AvgIpc) is 3.02. The molecule has 1 unspecified atom stereocenters. The summed E-state index contributed by atoms with van der Waals surface area (Å²) in [7, 11) is 0. The highest BCUT2D eigenvalue weighted by atomic mass is 15.3. The number of piperazine rings is 1. The fourth-order valence-electron chi connectivity index (χ4n) is 4.56. The van der Waals surface area contributed by atoms with Crippen molar-refractivity contribution in [3.8, 4) is 0 Å². The number of nitrogens with one attached hydrogen (secondary N) is 1. The van der Waals surface area contributed by atoms with Gasteiger partial charge in [0, 0.05) is 31.2 Å². The molecule has 2 nitrogen and oxygen atoms in total. The lowest BCUT2D eigenvalue weighted by Gasteiger charge is -2.47. The van der Waals surface area contributed by atoms with Gasteiger partial charge in [0.15, 0.2) is 0 Å². The van der Waals surface area contributed by atoms with Crippen molar-refractivity contribution < 1.29 is 0 Å². The second-order valence-corrected chi connectivity index (χ2v) is 7.01. The van der Waals surface area contributed by atoms with Gasteiger partial charge in [-0.1, -0.05) is 32.6 Å². The lowest BCUT2D eigenvalue weighted by atomic mass is 9.90. The molecule has 0 amide bonds. The van der Waals surface area contributed by atoms with Gasteiger partial charge in [-0.2, -0.15) is 0 Å². The Hall–Kier alpha value is -0.0800. The topological polar surface area (TPSA) is 15.3 Å². The van der Waals surface area contributed by atoms with Gasteiger partial charge >= 0.3 is 0 Å². The van der Waals surface area contributed by atoms with E-state index in [4.69, 9.17) is 0 Å². The van der Waals surface area contributed by atoms with Gasteiger partial charge in [0.1, 0.15) is 0 Å². The summed E-state index contributed by atoms with van der Waals surface area (Å²) in [5, 5.41) is 3.91. The predicted octanol–water partition coefficient (Wildman–Crippen LogP) is 3.17. The molecule has 1 spiro atoms. The Morgan fingerprint density at radius 3 is 2.50 bits per heavy atom. The van der Waals surface area contributed by atoms with Crippen LogP contribution in [-0.2, 0) is 0 Å². The average molecular weight is 250 g/mol. The summed E-state index contributed by atoms with van der Waals surface area (Å²) < 4.78 is 0.